The molecule has 1 atom stereocenters. The summed E-state index contributed by atoms with van der Waals surface area (Å²) in [5.41, 5.74) is 5.46. The first kappa shape index (κ1) is 24.6. The first-order valence-electron chi connectivity index (χ1n) is 13.4. The number of hydrogen-bond donors (Lipinski definition) is 0. The third kappa shape index (κ3) is 4.91. The molecular weight excluding hydrogens is 488 g/mol. The highest BCUT2D eigenvalue weighted by molar-refractivity contribution is 7.10. The van der Waals surface area contributed by atoms with Gasteiger partial charge in [0.05, 0.1) is 12.0 Å². The molecule has 38 heavy (non-hydrogen) atoms. The monoisotopic (exact) mass is 520 g/mol. The van der Waals surface area contributed by atoms with Crippen LogP contribution in [0.3, 0.4) is 0 Å². The number of fused-ring (bicyclic) bond motifs is 1. The van der Waals surface area contributed by atoms with E-state index in [2.05, 4.69) is 42.6 Å². The van der Waals surface area contributed by atoms with Crippen LogP contribution in [0.5, 0.6) is 0 Å². The molecule has 5 heteroatoms. The molecule has 0 N–H and O–H groups in total. The van der Waals surface area contributed by atoms with E-state index in [-0.39, 0.29) is 30.4 Å². The molecule has 1 aliphatic carbocycles. The van der Waals surface area contributed by atoms with E-state index in [1.165, 1.54) is 16.0 Å². The minimum Gasteiger partial charge on any atom is -0.330 e. The average Bonchev–Trinajstić information content (AvgIpc) is 3.68. The van der Waals surface area contributed by atoms with E-state index in [9.17, 15) is 9.59 Å². The number of thiophene rings is 1. The number of carbonyl (C=O) groups is 2. The van der Waals surface area contributed by atoms with Gasteiger partial charge in [-0.05, 0) is 59.9 Å². The Morgan fingerprint density at radius 2 is 1.53 bits per heavy atom. The number of nitrogens with zero attached hydrogens (tertiary/aromatic N) is 2. The molecule has 1 unspecified atom stereocenters. The fourth-order valence-electron chi connectivity index (χ4n) is 5.64. The van der Waals surface area contributed by atoms with Crippen LogP contribution in [0, 0.1) is 6.92 Å². The molecule has 1 fully saturated rings. The Bertz CT molecular complexity index is 1370. The largest absolute Gasteiger partial charge is 0.330 e. The smallest absolute Gasteiger partial charge is 0.243 e. The number of amides is 2. The van der Waals surface area contributed by atoms with Crippen molar-refractivity contribution in [3.63, 3.8) is 0 Å². The highest BCUT2D eigenvalue weighted by Gasteiger charge is 2.40. The fourth-order valence-corrected chi connectivity index (χ4v) is 6.54. The lowest BCUT2D eigenvalue weighted by atomic mass is 9.89. The molecule has 2 amide bonds. The maximum absolute atomic E-state index is 14.2. The van der Waals surface area contributed by atoms with Crippen LogP contribution in [0.15, 0.2) is 96.4 Å². The Labute approximate surface area is 228 Å². The van der Waals surface area contributed by atoms with Crippen LogP contribution in [-0.4, -0.2) is 40.7 Å². The van der Waals surface area contributed by atoms with Crippen molar-refractivity contribution >= 4 is 23.2 Å². The average molecular weight is 521 g/mol. The molecule has 0 bridgehead atoms. The zero-order chi connectivity index (χ0) is 26.1. The van der Waals surface area contributed by atoms with Gasteiger partial charge >= 0.3 is 0 Å². The summed E-state index contributed by atoms with van der Waals surface area (Å²) in [5.74, 6) is -0.394. The lowest BCUT2D eigenvalue weighted by molar-refractivity contribution is -0.142. The van der Waals surface area contributed by atoms with Crippen LogP contribution in [0.1, 0.15) is 57.5 Å². The number of carbonyl (C=O) groups excluding carboxylic acids is 2. The van der Waals surface area contributed by atoms with Crippen LogP contribution in [-0.2, 0) is 16.0 Å². The molecule has 4 aromatic rings. The normalized spacial score (nSPS) is 16.8. The molecule has 0 saturated heterocycles. The van der Waals surface area contributed by atoms with Crippen LogP contribution >= 0.6 is 11.3 Å². The summed E-state index contributed by atoms with van der Waals surface area (Å²) in [5, 5.41) is 2.13. The zero-order valence-corrected chi connectivity index (χ0v) is 22.4. The topological polar surface area (TPSA) is 40.6 Å². The van der Waals surface area contributed by atoms with Crippen molar-refractivity contribution in [3.8, 4) is 0 Å². The standard InChI is InChI=1S/C33H32N2O2S/c1-23-12-14-26(15-13-23)32-28-19-21-38-29(28)18-20-34(32)30(36)22-35(27-16-17-27)33(37)31(24-8-4-2-5-9-24)25-10-6-3-7-11-25/h2-15,19,21,27,31-32H,16-18,20,22H2,1H3. The van der Waals surface area contributed by atoms with Gasteiger partial charge in [-0.1, -0.05) is 90.5 Å². The number of aryl methyl sites for hydroxylation is 1. The van der Waals surface area contributed by atoms with Crippen molar-refractivity contribution in [1.82, 2.24) is 9.80 Å². The van der Waals surface area contributed by atoms with E-state index in [0.717, 1.165) is 36.0 Å². The Morgan fingerprint density at radius 1 is 0.895 bits per heavy atom. The maximum Gasteiger partial charge on any atom is 0.243 e. The summed E-state index contributed by atoms with van der Waals surface area (Å²) >= 11 is 1.77. The predicted molar refractivity (Wildman–Crippen MR) is 152 cm³/mol. The summed E-state index contributed by atoms with van der Waals surface area (Å²) in [4.78, 5) is 33.5. The molecule has 192 valence electrons. The lowest BCUT2D eigenvalue weighted by Gasteiger charge is -2.38. The van der Waals surface area contributed by atoms with Gasteiger partial charge in [-0.3, -0.25) is 9.59 Å². The van der Waals surface area contributed by atoms with Crippen molar-refractivity contribution in [2.75, 3.05) is 13.1 Å². The van der Waals surface area contributed by atoms with E-state index >= 15 is 0 Å². The quantitative estimate of drug-likeness (QED) is 0.285. The second kappa shape index (κ2) is 10.6. The number of benzene rings is 3. The molecule has 4 nitrogen and oxygen atoms in total. The van der Waals surface area contributed by atoms with Gasteiger partial charge in [0.1, 0.15) is 6.54 Å². The molecule has 6 rings (SSSR count). The van der Waals surface area contributed by atoms with Crippen molar-refractivity contribution in [2.45, 2.75) is 44.2 Å². The molecule has 0 radical (unpaired) electrons. The first-order chi connectivity index (χ1) is 18.6. The first-order valence-corrected chi connectivity index (χ1v) is 14.3. The second-order valence-corrected chi connectivity index (χ2v) is 11.4. The summed E-state index contributed by atoms with van der Waals surface area (Å²) in [6.07, 6.45) is 2.76. The van der Waals surface area contributed by atoms with Gasteiger partial charge in [0.25, 0.3) is 0 Å². The van der Waals surface area contributed by atoms with E-state index in [1.807, 2.05) is 70.5 Å². The second-order valence-electron chi connectivity index (χ2n) is 10.4. The van der Waals surface area contributed by atoms with Gasteiger partial charge in [-0.2, -0.15) is 0 Å². The third-order valence-electron chi connectivity index (χ3n) is 7.77. The summed E-state index contributed by atoms with van der Waals surface area (Å²) in [7, 11) is 0. The minimum absolute atomic E-state index is 0.0124. The summed E-state index contributed by atoms with van der Waals surface area (Å²) < 4.78 is 0. The molecule has 3 aromatic carbocycles. The van der Waals surface area contributed by atoms with Crippen molar-refractivity contribution in [1.29, 1.82) is 0 Å². The highest BCUT2D eigenvalue weighted by Crippen LogP contribution is 2.39. The Morgan fingerprint density at radius 3 is 2.13 bits per heavy atom. The van der Waals surface area contributed by atoms with E-state index in [1.54, 1.807) is 11.3 Å². The molecule has 1 saturated carbocycles. The molecule has 1 aromatic heterocycles. The van der Waals surface area contributed by atoms with Crippen LogP contribution in [0.2, 0.25) is 0 Å². The summed E-state index contributed by atoms with van der Waals surface area (Å²) in [6, 6.07) is 30.6. The van der Waals surface area contributed by atoms with E-state index in [0.29, 0.717) is 6.54 Å². The molecule has 1 aliphatic heterocycles. The lowest BCUT2D eigenvalue weighted by Crippen LogP contribution is -2.48. The van der Waals surface area contributed by atoms with Gasteiger partial charge in [0.2, 0.25) is 11.8 Å². The minimum atomic E-state index is -0.427. The Balaban J connectivity index is 1.31. The van der Waals surface area contributed by atoms with Crippen molar-refractivity contribution in [2.24, 2.45) is 0 Å². The summed E-state index contributed by atoms with van der Waals surface area (Å²) in [6.45, 7) is 2.86. The number of hydrogen-bond acceptors (Lipinski definition) is 3. The van der Waals surface area contributed by atoms with Gasteiger partial charge < -0.3 is 9.80 Å². The molecule has 2 aliphatic rings. The fraction of sp³-hybridized carbons (Fsp3) is 0.273. The van der Waals surface area contributed by atoms with Gasteiger partial charge in [0, 0.05) is 17.5 Å². The van der Waals surface area contributed by atoms with Crippen LogP contribution < -0.4 is 0 Å². The van der Waals surface area contributed by atoms with Gasteiger partial charge in [-0.25, -0.2) is 0 Å². The van der Waals surface area contributed by atoms with E-state index < -0.39 is 5.92 Å². The predicted octanol–water partition coefficient (Wildman–Crippen LogP) is 6.35. The van der Waals surface area contributed by atoms with Crippen LogP contribution in [0.4, 0.5) is 0 Å². The molecular formula is C33H32N2O2S. The number of rotatable bonds is 7. The van der Waals surface area contributed by atoms with Crippen LogP contribution in [0.25, 0.3) is 0 Å². The van der Waals surface area contributed by atoms with E-state index in [4.69, 9.17) is 0 Å². The molecule has 2 heterocycles. The Hall–Kier alpha value is -3.70. The Kier molecular flexibility index (Phi) is 6.86. The maximum atomic E-state index is 14.2. The third-order valence-corrected chi connectivity index (χ3v) is 8.76. The zero-order valence-electron chi connectivity index (χ0n) is 21.6. The van der Waals surface area contributed by atoms with Gasteiger partial charge in [0.15, 0.2) is 0 Å². The highest BCUT2D eigenvalue weighted by atomic mass is 32.1. The molecule has 0 spiro atoms. The SMILES string of the molecule is Cc1ccc(C2c3ccsc3CCN2C(=O)CN(C(=O)C(c2ccccc2)c2ccccc2)C2CC2)cc1. The van der Waals surface area contributed by atoms with Gasteiger partial charge in [-0.15, -0.1) is 11.3 Å². The van der Waals surface area contributed by atoms with Crippen molar-refractivity contribution in [3.05, 3.63) is 129 Å². The van der Waals surface area contributed by atoms with Crippen molar-refractivity contribution < 1.29 is 9.59 Å².